The largest absolute Gasteiger partial charge is 0.374 e. The molecule has 0 N–H and O–H groups in total. The van der Waals surface area contributed by atoms with E-state index in [0.29, 0.717) is 0 Å². The van der Waals surface area contributed by atoms with Crippen molar-refractivity contribution in [2.75, 3.05) is 11.0 Å². The molecule has 0 aromatic rings. The summed E-state index contributed by atoms with van der Waals surface area (Å²) in [6.07, 6.45) is 2.46. The van der Waals surface area contributed by atoms with Gasteiger partial charge in [-0.3, -0.25) is 0 Å². The molecule has 0 radical (unpaired) electrons. The summed E-state index contributed by atoms with van der Waals surface area (Å²) in [5.74, 6) is 0.743. The second-order valence-corrected chi connectivity index (χ2v) is 4.65. The highest BCUT2D eigenvalue weighted by atomic mass is 127. The van der Waals surface area contributed by atoms with E-state index >= 15 is 0 Å². The van der Waals surface area contributed by atoms with Crippen LogP contribution in [0, 0.1) is 5.92 Å². The molecule has 0 aromatic heterocycles. The molecular weight excluding hydrogens is 263 g/mol. The van der Waals surface area contributed by atoms with Crippen LogP contribution in [0.1, 0.15) is 40.5 Å². The van der Waals surface area contributed by atoms with Crippen molar-refractivity contribution in [2.24, 2.45) is 5.92 Å². The quantitative estimate of drug-likeness (QED) is 0.534. The zero-order valence-corrected chi connectivity index (χ0v) is 10.8. The summed E-state index contributed by atoms with van der Waals surface area (Å²) in [7, 11) is 0. The molecule has 0 aromatic carbocycles. The summed E-state index contributed by atoms with van der Waals surface area (Å²) in [4.78, 5) is 0. The molecule has 0 saturated carbocycles. The molecule has 0 spiro atoms. The lowest BCUT2D eigenvalue weighted by Gasteiger charge is -2.25. The van der Waals surface area contributed by atoms with E-state index in [1.807, 2.05) is 0 Å². The fraction of sp³-hybridized carbons (Fsp3) is 1.00. The third-order valence-electron chi connectivity index (χ3n) is 2.19. The second-order valence-electron chi connectivity index (χ2n) is 3.89. The second kappa shape index (κ2) is 6.19. The molecule has 0 fully saturated rings. The van der Waals surface area contributed by atoms with Crippen LogP contribution < -0.4 is 0 Å². The van der Waals surface area contributed by atoms with Crippen molar-refractivity contribution < 1.29 is 4.74 Å². The van der Waals surface area contributed by atoms with Crippen LogP contribution in [-0.2, 0) is 4.74 Å². The van der Waals surface area contributed by atoms with Crippen LogP contribution in [0.15, 0.2) is 0 Å². The molecule has 0 aliphatic heterocycles. The number of alkyl halides is 1. The van der Waals surface area contributed by atoms with Gasteiger partial charge in [0.2, 0.25) is 0 Å². The minimum atomic E-state index is 0.0587. The van der Waals surface area contributed by atoms with E-state index in [1.54, 1.807) is 0 Å². The molecular formula is C10H21IO. The van der Waals surface area contributed by atoms with Crippen molar-refractivity contribution in [1.29, 1.82) is 0 Å². The highest BCUT2D eigenvalue weighted by Gasteiger charge is 2.17. The van der Waals surface area contributed by atoms with E-state index in [4.69, 9.17) is 4.74 Å². The van der Waals surface area contributed by atoms with Crippen LogP contribution in [0.4, 0.5) is 0 Å². The first-order valence-corrected chi connectivity index (χ1v) is 6.28. The molecule has 12 heavy (non-hydrogen) atoms. The average Bonchev–Trinajstić information content (AvgIpc) is 2.06. The van der Waals surface area contributed by atoms with Gasteiger partial charge in [-0.05, 0) is 19.8 Å². The Morgan fingerprint density at radius 3 is 2.08 bits per heavy atom. The van der Waals surface area contributed by atoms with Gasteiger partial charge >= 0.3 is 0 Å². The number of halogens is 1. The minimum absolute atomic E-state index is 0.0587. The fourth-order valence-corrected chi connectivity index (χ4v) is 1.13. The Bertz CT molecular complexity index is 108. The third-order valence-corrected chi connectivity index (χ3v) is 4.02. The van der Waals surface area contributed by atoms with Gasteiger partial charge in [-0.15, -0.1) is 0 Å². The molecule has 0 heterocycles. The first-order valence-electron chi connectivity index (χ1n) is 4.75. The Hall–Kier alpha value is 0.690. The normalized spacial score (nSPS) is 12.5. The SMILES string of the molecule is CCC(CC)COC(C)(C)CI. The van der Waals surface area contributed by atoms with Gasteiger partial charge in [0.15, 0.2) is 0 Å². The summed E-state index contributed by atoms with van der Waals surface area (Å²) >= 11 is 2.38. The Morgan fingerprint density at radius 1 is 1.25 bits per heavy atom. The minimum Gasteiger partial charge on any atom is -0.374 e. The average molecular weight is 284 g/mol. The molecule has 0 amide bonds. The molecule has 0 unspecified atom stereocenters. The maximum Gasteiger partial charge on any atom is 0.0715 e. The van der Waals surface area contributed by atoms with Gasteiger partial charge in [-0.1, -0.05) is 49.3 Å². The molecule has 0 bridgehead atoms. The Balaban J connectivity index is 3.65. The summed E-state index contributed by atoms with van der Waals surface area (Å²) < 4.78 is 6.88. The van der Waals surface area contributed by atoms with Crippen LogP contribution in [0.5, 0.6) is 0 Å². The van der Waals surface area contributed by atoms with Gasteiger partial charge in [0.05, 0.1) is 12.2 Å². The molecule has 1 nitrogen and oxygen atoms in total. The van der Waals surface area contributed by atoms with Gasteiger partial charge < -0.3 is 4.74 Å². The van der Waals surface area contributed by atoms with Gasteiger partial charge in [0, 0.05) is 4.43 Å². The molecule has 2 heteroatoms. The lowest BCUT2D eigenvalue weighted by Crippen LogP contribution is -2.28. The zero-order valence-electron chi connectivity index (χ0n) is 8.69. The Morgan fingerprint density at radius 2 is 1.75 bits per heavy atom. The molecule has 0 aliphatic rings. The maximum atomic E-state index is 5.82. The van der Waals surface area contributed by atoms with E-state index < -0.39 is 0 Å². The van der Waals surface area contributed by atoms with E-state index in [1.165, 1.54) is 12.8 Å². The van der Waals surface area contributed by atoms with E-state index in [0.717, 1.165) is 17.0 Å². The molecule has 74 valence electrons. The predicted molar refractivity (Wildman–Crippen MR) is 63.0 cm³/mol. The first-order chi connectivity index (χ1) is 5.55. The van der Waals surface area contributed by atoms with E-state index in [2.05, 4.69) is 50.3 Å². The van der Waals surface area contributed by atoms with Crippen LogP contribution in [-0.4, -0.2) is 16.6 Å². The van der Waals surface area contributed by atoms with Crippen molar-refractivity contribution >= 4 is 22.6 Å². The van der Waals surface area contributed by atoms with Crippen molar-refractivity contribution in [3.8, 4) is 0 Å². The van der Waals surface area contributed by atoms with Gasteiger partial charge in [0.1, 0.15) is 0 Å². The summed E-state index contributed by atoms with van der Waals surface area (Å²) in [5.41, 5.74) is 0.0587. The smallest absolute Gasteiger partial charge is 0.0715 e. The zero-order chi connectivity index (χ0) is 9.61. The van der Waals surface area contributed by atoms with Crippen molar-refractivity contribution in [3.63, 3.8) is 0 Å². The van der Waals surface area contributed by atoms with Crippen molar-refractivity contribution in [1.82, 2.24) is 0 Å². The van der Waals surface area contributed by atoms with E-state index in [-0.39, 0.29) is 5.60 Å². The highest BCUT2D eigenvalue weighted by molar-refractivity contribution is 14.1. The molecule has 0 atom stereocenters. The topological polar surface area (TPSA) is 9.23 Å². The predicted octanol–water partition coefficient (Wildman–Crippen LogP) is 3.65. The molecule has 0 aliphatic carbocycles. The van der Waals surface area contributed by atoms with Gasteiger partial charge in [-0.25, -0.2) is 0 Å². The lowest BCUT2D eigenvalue weighted by atomic mass is 10.0. The first kappa shape index (κ1) is 12.7. The molecule has 0 saturated heterocycles. The van der Waals surface area contributed by atoms with Crippen LogP contribution >= 0.6 is 22.6 Å². The third kappa shape index (κ3) is 5.36. The maximum absolute atomic E-state index is 5.82. The number of hydrogen-bond donors (Lipinski definition) is 0. The van der Waals surface area contributed by atoms with Crippen molar-refractivity contribution in [3.05, 3.63) is 0 Å². The van der Waals surface area contributed by atoms with Gasteiger partial charge in [0.25, 0.3) is 0 Å². The number of rotatable bonds is 6. The van der Waals surface area contributed by atoms with Crippen LogP contribution in [0.3, 0.4) is 0 Å². The van der Waals surface area contributed by atoms with Crippen LogP contribution in [0.2, 0.25) is 0 Å². The van der Waals surface area contributed by atoms with E-state index in [9.17, 15) is 0 Å². The number of hydrogen-bond acceptors (Lipinski definition) is 1. The summed E-state index contributed by atoms with van der Waals surface area (Å²) in [6, 6.07) is 0. The lowest BCUT2D eigenvalue weighted by molar-refractivity contribution is -0.0179. The standard InChI is InChI=1S/C10H21IO/c1-5-9(6-2)7-12-10(3,4)8-11/h9H,5-8H2,1-4H3. The Kier molecular flexibility index (Phi) is 6.55. The monoisotopic (exact) mass is 284 g/mol. The molecule has 0 rings (SSSR count). The fourth-order valence-electron chi connectivity index (χ4n) is 0.906. The van der Waals surface area contributed by atoms with Gasteiger partial charge in [-0.2, -0.15) is 0 Å². The summed E-state index contributed by atoms with van der Waals surface area (Å²) in [6.45, 7) is 9.69. The Labute approximate surface area is 90.4 Å². The van der Waals surface area contributed by atoms with Crippen molar-refractivity contribution in [2.45, 2.75) is 46.1 Å². The van der Waals surface area contributed by atoms with Crippen LogP contribution in [0.25, 0.3) is 0 Å². The highest BCUT2D eigenvalue weighted by Crippen LogP contribution is 2.16. The number of ether oxygens (including phenoxy) is 1. The summed E-state index contributed by atoms with van der Waals surface area (Å²) in [5, 5.41) is 0.